The molecule has 6 nitrogen and oxygen atoms in total. The molecule has 0 unspecified atom stereocenters. The molecule has 2 heterocycles. The van der Waals surface area contributed by atoms with Crippen LogP contribution in [0.5, 0.6) is 11.5 Å². The van der Waals surface area contributed by atoms with Gasteiger partial charge >= 0.3 is 0 Å². The highest BCUT2D eigenvalue weighted by Crippen LogP contribution is 2.15. The van der Waals surface area contributed by atoms with Crippen molar-refractivity contribution in [2.75, 3.05) is 6.54 Å². The van der Waals surface area contributed by atoms with E-state index in [2.05, 4.69) is 10.3 Å². The number of ether oxygens (including phenoxy) is 1. The summed E-state index contributed by atoms with van der Waals surface area (Å²) in [5.41, 5.74) is 4.44. The third-order valence-corrected chi connectivity index (χ3v) is 4.76. The lowest BCUT2D eigenvalue weighted by Gasteiger charge is -2.07. The zero-order chi connectivity index (χ0) is 20.9. The number of fused-ring (bicyclic) bond motifs is 1. The topological polar surface area (TPSA) is 75.9 Å². The van der Waals surface area contributed by atoms with Crippen LogP contribution in [0.3, 0.4) is 0 Å². The molecule has 30 heavy (non-hydrogen) atoms. The molecule has 2 N–H and O–H groups in total. The summed E-state index contributed by atoms with van der Waals surface area (Å²) in [6.45, 7) is 2.89. The van der Waals surface area contributed by atoms with E-state index in [1.807, 2.05) is 41.9 Å². The van der Waals surface area contributed by atoms with Crippen LogP contribution in [0, 0.1) is 6.92 Å². The predicted octanol–water partition coefficient (Wildman–Crippen LogP) is 3.90. The molecule has 4 rings (SSSR count). The number of pyridine rings is 1. The fraction of sp³-hybridized carbons (Fsp3) is 0.167. The summed E-state index contributed by atoms with van der Waals surface area (Å²) < 4.78 is 7.79. The summed E-state index contributed by atoms with van der Waals surface area (Å²) >= 11 is 0. The minimum atomic E-state index is -0.141. The number of aryl methyl sites for hydroxylation is 1. The van der Waals surface area contributed by atoms with E-state index in [1.165, 1.54) is 5.56 Å². The van der Waals surface area contributed by atoms with E-state index < -0.39 is 0 Å². The number of hydrogen-bond acceptors (Lipinski definition) is 4. The summed E-state index contributed by atoms with van der Waals surface area (Å²) in [6, 6.07) is 18.1. The standard InChI is InChI=1S/C24H23N3O3/c1-17-5-10-23-26-20(15-27(23)14-17)16-30-22-8-6-19(7-9-22)24(29)25-12-11-18-3-2-4-21(28)13-18/h2-10,13-15,28H,11-12,16H2,1H3,(H,25,29). The minimum absolute atomic E-state index is 0.141. The third-order valence-electron chi connectivity index (χ3n) is 4.76. The first-order valence-corrected chi connectivity index (χ1v) is 9.80. The van der Waals surface area contributed by atoms with Crippen molar-refractivity contribution in [1.29, 1.82) is 0 Å². The fourth-order valence-corrected chi connectivity index (χ4v) is 3.22. The Kier molecular flexibility index (Phi) is 5.66. The molecule has 0 radical (unpaired) electrons. The van der Waals surface area contributed by atoms with E-state index in [-0.39, 0.29) is 11.7 Å². The molecule has 152 valence electrons. The number of imidazole rings is 1. The van der Waals surface area contributed by atoms with Crippen molar-refractivity contribution in [2.24, 2.45) is 0 Å². The molecule has 0 bridgehead atoms. The number of nitrogens with zero attached hydrogens (tertiary/aromatic N) is 2. The lowest BCUT2D eigenvalue weighted by atomic mass is 10.1. The lowest BCUT2D eigenvalue weighted by Crippen LogP contribution is -2.25. The predicted molar refractivity (Wildman–Crippen MR) is 115 cm³/mol. The largest absolute Gasteiger partial charge is 0.508 e. The van der Waals surface area contributed by atoms with Gasteiger partial charge in [-0.3, -0.25) is 4.79 Å². The van der Waals surface area contributed by atoms with Gasteiger partial charge in [0.25, 0.3) is 5.91 Å². The molecular formula is C24H23N3O3. The fourth-order valence-electron chi connectivity index (χ4n) is 3.22. The van der Waals surface area contributed by atoms with Gasteiger partial charge in [0.15, 0.2) is 0 Å². The van der Waals surface area contributed by atoms with Crippen molar-refractivity contribution in [1.82, 2.24) is 14.7 Å². The lowest BCUT2D eigenvalue weighted by molar-refractivity contribution is 0.0954. The van der Waals surface area contributed by atoms with E-state index in [4.69, 9.17) is 4.74 Å². The maximum Gasteiger partial charge on any atom is 0.251 e. The van der Waals surface area contributed by atoms with Crippen molar-refractivity contribution in [3.63, 3.8) is 0 Å². The number of amides is 1. The van der Waals surface area contributed by atoms with Crippen LogP contribution < -0.4 is 10.1 Å². The molecule has 0 aliphatic rings. The van der Waals surface area contributed by atoms with Gasteiger partial charge in [-0.05, 0) is 66.9 Å². The molecule has 0 spiro atoms. The van der Waals surface area contributed by atoms with Crippen LogP contribution >= 0.6 is 0 Å². The van der Waals surface area contributed by atoms with Crippen LogP contribution in [-0.4, -0.2) is 26.9 Å². The molecule has 0 saturated carbocycles. The van der Waals surface area contributed by atoms with E-state index >= 15 is 0 Å². The van der Waals surface area contributed by atoms with Crippen LogP contribution in [0.4, 0.5) is 0 Å². The molecule has 2 aromatic heterocycles. The number of phenolic OH excluding ortho intramolecular Hbond substituents is 1. The van der Waals surface area contributed by atoms with Gasteiger partial charge < -0.3 is 19.6 Å². The molecule has 0 atom stereocenters. The summed E-state index contributed by atoms with van der Waals surface area (Å²) in [4.78, 5) is 16.8. The highest BCUT2D eigenvalue weighted by Gasteiger charge is 2.07. The Morgan fingerprint density at radius 3 is 2.73 bits per heavy atom. The Balaban J connectivity index is 1.29. The van der Waals surface area contributed by atoms with E-state index in [1.54, 1.807) is 42.5 Å². The Morgan fingerprint density at radius 2 is 1.93 bits per heavy atom. The average Bonchev–Trinajstić information content (AvgIpc) is 3.14. The smallest absolute Gasteiger partial charge is 0.251 e. The first-order chi connectivity index (χ1) is 14.6. The molecule has 2 aromatic carbocycles. The zero-order valence-electron chi connectivity index (χ0n) is 16.7. The molecule has 0 aliphatic heterocycles. The number of benzene rings is 2. The van der Waals surface area contributed by atoms with Crippen molar-refractivity contribution in [3.8, 4) is 11.5 Å². The zero-order valence-corrected chi connectivity index (χ0v) is 16.7. The third kappa shape index (κ3) is 4.78. The van der Waals surface area contributed by atoms with Crippen molar-refractivity contribution in [3.05, 3.63) is 95.4 Å². The van der Waals surface area contributed by atoms with E-state index in [0.717, 1.165) is 16.9 Å². The number of aromatic nitrogens is 2. The van der Waals surface area contributed by atoms with Gasteiger partial charge in [-0.25, -0.2) is 4.98 Å². The maximum atomic E-state index is 12.3. The van der Waals surface area contributed by atoms with Crippen molar-refractivity contribution in [2.45, 2.75) is 20.0 Å². The van der Waals surface area contributed by atoms with Crippen LogP contribution in [0.2, 0.25) is 0 Å². The highest BCUT2D eigenvalue weighted by molar-refractivity contribution is 5.94. The molecule has 4 aromatic rings. The Hall–Kier alpha value is -3.80. The Labute approximate surface area is 174 Å². The summed E-state index contributed by atoms with van der Waals surface area (Å²) in [5, 5.41) is 12.4. The number of rotatable bonds is 7. The van der Waals surface area contributed by atoms with Gasteiger partial charge in [0, 0.05) is 24.5 Å². The first kappa shape index (κ1) is 19.5. The average molecular weight is 401 g/mol. The Bertz CT molecular complexity index is 1170. The second-order valence-corrected chi connectivity index (χ2v) is 7.19. The highest BCUT2D eigenvalue weighted by atomic mass is 16.5. The number of hydrogen-bond donors (Lipinski definition) is 2. The van der Waals surface area contributed by atoms with Gasteiger partial charge in [0.05, 0.1) is 5.69 Å². The van der Waals surface area contributed by atoms with Crippen LogP contribution in [0.1, 0.15) is 27.2 Å². The van der Waals surface area contributed by atoms with Gasteiger partial charge in [-0.2, -0.15) is 0 Å². The van der Waals surface area contributed by atoms with Gasteiger partial charge in [0.2, 0.25) is 0 Å². The van der Waals surface area contributed by atoms with E-state index in [0.29, 0.717) is 30.9 Å². The molecule has 0 aliphatic carbocycles. The van der Waals surface area contributed by atoms with E-state index in [9.17, 15) is 9.90 Å². The van der Waals surface area contributed by atoms with Crippen LogP contribution in [-0.2, 0) is 13.0 Å². The molecule has 0 fully saturated rings. The Morgan fingerprint density at radius 1 is 1.10 bits per heavy atom. The molecule has 0 saturated heterocycles. The second kappa shape index (κ2) is 8.69. The monoisotopic (exact) mass is 401 g/mol. The van der Waals surface area contributed by atoms with Crippen LogP contribution in [0.15, 0.2) is 73.1 Å². The van der Waals surface area contributed by atoms with Crippen LogP contribution in [0.25, 0.3) is 5.65 Å². The van der Waals surface area contributed by atoms with Crippen molar-refractivity contribution >= 4 is 11.6 Å². The number of aromatic hydroxyl groups is 1. The molecule has 1 amide bonds. The summed E-state index contributed by atoms with van der Waals surface area (Å²) in [7, 11) is 0. The quantitative estimate of drug-likeness (QED) is 0.492. The van der Waals surface area contributed by atoms with Gasteiger partial charge in [0.1, 0.15) is 23.8 Å². The minimum Gasteiger partial charge on any atom is -0.508 e. The number of carbonyl (C=O) groups is 1. The summed E-state index contributed by atoms with van der Waals surface area (Å²) in [6.07, 6.45) is 4.64. The summed E-state index contributed by atoms with van der Waals surface area (Å²) in [5.74, 6) is 0.769. The SMILES string of the molecule is Cc1ccc2nc(COc3ccc(C(=O)NCCc4cccc(O)c4)cc3)cn2c1. The maximum absolute atomic E-state index is 12.3. The normalized spacial score (nSPS) is 10.8. The number of carbonyl (C=O) groups excluding carboxylic acids is 1. The van der Waals surface area contributed by atoms with Gasteiger partial charge in [-0.15, -0.1) is 0 Å². The molecular weight excluding hydrogens is 378 g/mol. The number of nitrogens with one attached hydrogen (secondary N) is 1. The van der Waals surface area contributed by atoms with Gasteiger partial charge in [-0.1, -0.05) is 18.2 Å². The number of phenols is 1. The first-order valence-electron chi connectivity index (χ1n) is 9.80. The van der Waals surface area contributed by atoms with Crippen molar-refractivity contribution < 1.29 is 14.6 Å². The second-order valence-electron chi connectivity index (χ2n) is 7.19. The molecule has 6 heteroatoms.